The second-order valence-electron chi connectivity index (χ2n) is 6.15. The van der Waals surface area contributed by atoms with E-state index in [9.17, 15) is 14.0 Å². The van der Waals surface area contributed by atoms with Crippen LogP contribution in [0.3, 0.4) is 0 Å². The number of nitrogens with zero attached hydrogens (tertiary/aromatic N) is 5. The third-order valence-electron chi connectivity index (χ3n) is 4.39. The lowest BCUT2D eigenvalue weighted by molar-refractivity contribution is 0.218. The number of pyridine rings is 1. The molecule has 1 aromatic carbocycles. The van der Waals surface area contributed by atoms with E-state index < -0.39 is 0 Å². The molecule has 0 N–H and O–H groups in total. The van der Waals surface area contributed by atoms with Crippen LogP contribution >= 0.6 is 0 Å². The average molecular weight is 365 g/mol. The standard InChI is InChI=1S/C19H16FN5O2/c20-15-3-1-14(2-4-15)13-23-9-10-24(19(23)27)17-11-18(26)25(22-12-17)16-5-7-21-8-6-16/h1-8,11-12H,9-10,13H2. The fourth-order valence-corrected chi connectivity index (χ4v) is 3.00. The summed E-state index contributed by atoms with van der Waals surface area (Å²) in [6, 6.07) is 10.6. The summed E-state index contributed by atoms with van der Waals surface area (Å²) in [6.45, 7) is 1.36. The molecule has 0 atom stereocenters. The minimum Gasteiger partial charge on any atom is -0.318 e. The number of amides is 2. The first-order chi connectivity index (χ1) is 13.1. The maximum Gasteiger partial charge on any atom is 0.324 e. The van der Waals surface area contributed by atoms with Crippen molar-refractivity contribution < 1.29 is 9.18 Å². The molecule has 4 rings (SSSR count). The molecule has 27 heavy (non-hydrogen) atoms. The SMILES string of the molecule is O=C1N(Cc2ccc(F)cc2)CCN1c1cnn(-c2ccncc2)c(=O)c1. The molecule has 0 bridgehead atoms. The largest absolute Gasteiger partial charge is 0.324 e. The van der Waals surface area contributed by atoms with Gasteiger partial charge in [-0.15, -0.1) is 0 Å². The second-order valence-corrected chi connectivity index (χ2v) is 6.15. The Morgan fingerprint density at radius 3 is 2.41 bits per heavy atom. The van der Waals surface area contributed by atoms with Crippen molar-refractivity contribution in [1.29, 1.82) is 0 Å². The molecule has 8 heteroatoms. The van der Waals surface area contributed by atoms with Crippen molar-refractivity contribution in [3.05, 3.63) is 82.8 Å². The van der Waals surface area contributed by atoms with Crippen molar-refractivity contribution in [3.8, 4) is 5.69 Å². The normalized spacial score (nSPS) is 14.0. The summed E-state index contributed by atoms with van der Waals surface area (Å²) in [4.78, 5) is 32.2. The van der Waals surface area contributed by atoms with Gasteiger partial charge in [-0.3, -0.25) is 14.7 Å². The van der Waals surface area contributed by atoms with Gasteiger partial charge < -0.3 is 4.90 Å². The number of aromatic nitrogens is 3. The Hall–Kier alpha value is -3.55. The molecule has 3 aromatic rings. The summed E-state index contributed by atoms with van der Waals surface area (Å²) in [7, 11) is 0. The predicted octanol–water partition coefficient (Wildman–Crippen LogP) is 2.21. The number of carbonyl (C=O) groups excluding carboxylic acids is 1. The summed E-state index contributed by atoms with van der Waals surface area (Å²) in [6.07, 6.45) is 4.66. The quantitative estimate of drug-likeness (QED) is 0.711. The molecule has 3 heterocycles. The first-order valence-corrected chi connectivity index (χ1v) is 8.42. The molecule has 2 aromatic heterocycles. The zero-order valence-electron chi connectivity index (χ0n) is 14.3. The van der Waals surface area contributed by atoms with Crippen molar-refractivity contribution in [1.82, 2.24) is 19.7 Å². The van der Waals surface area contributed by atoms with Crippen molar-refractivity contribution in [3.63, 3.8) is 0 Å². The zero-order chi connectivity index (χ0) is 18.8. The zero-order valence-corrected chi connectivity index (χ0v) is 14.3. The highest BCUT2D eigenvalue weighted by molar-refractivity contribution is 5.93. The van der Waals surface area contributed by atoms with E-state index in [1.807, 2.05) is 0 Å². The van der Waals surface area contributed by atoms with Crippen LogP contribution in [0.15, 0.2) is 65.8 Å². The summed E-state index contributed by atoms with van der Waals surface area (Å²) in [5, 5.41) is 4.17. The monoisotopic (exact) mass is 365 g/mol. The minimum absolute atomic E-state index is 0.206. The van der Waals surface area contributed by atoms with Crippen LogP contribution in [0, 0.1) is 5.82 Å². The van der Waals surface area contributed by atoms with Gasteiger partial charge in [-0.2, -0.15) is 9.78 Å². The lowest BCUT2D eigenvalue weighted by Crippen LogP contribution is -2.33. The molecule has 0 spiro atoms. The topological polar surface area (TPSA) is 71.3 Å². The molecule has 0 unspecified atom stereocenters. The van der Waals surface area contributed by atoms with Crippen LogP contribution < -0.4 is 10.5 Å². The van der Waals surface area contributed by atoms with Crippen LogP contribution in [0.2, 0.25) is 0 Å². The van der Waals surface area contributed by atoms with Crippen molar-refractivity contribution in [2.24, 2.45) is 0 Å². The van der Waals surface area contributed by atoms with Gasteiger partial charge >= 0.3 is 6.03 Å². The number of anilines is 1. The minimum atomic E-state index is -0.330. The summed E-state index contributed by atoms with van der Waals surface area (Å²) in [5.74, 6) is -0.311. The molecule has 1 aliphatic rings. The van der Waals surface area contributed by atoms with Gasteiger partial charge in [0.25, 0.3) is 5.56 Å². The summed E-state index contributed by atoms with van der Waals surface area (Å²) < 4.78 is 14.3. The highest BCUT2D eigenvalue weighted by Crippen LogP contribution is 2.20. The van der Waals surface area contributed by atoms with Gasteiger partial charge in [0.1, 0.15) is 5.82 Å². The van der Waals surface area contributed by atoms with Crippen LogP contribution in [0.4, 0.5) is 14.9 Å². The fourth-order valence-electron chi connectivity index (χ4n) is 3.00. The molecule has 136 valence electrons. The van der Waals surface area contributed by atoms with E-state index >= 15 is 0 Å². The van der Waals surface area contributed by atoms with Gasteiger partial charge in [-0.1, -0.05) is 12.1 Å². The Morgan fingerprint density at radius 2 is 1.70 bits per heavy atom. The molecular weight excluding hydrogens is 349 g/mol. The maximum atomic E-state index is 13.0. The Bertz CT molecular complexity index is 1020. The number of rotatable bonds is 4. The van der Waals surface area contributed by atoms with Crippen LogP contribution in [-0.2, 0) is 6.54 Å². The number of benzene rings is 1. The van der Waals surface area contributed by atoms with E-state index in [-0.39, 0.29) is 17.4 Å². The van der Waals surface area contributed by atoms with Gasteiger partial charge in [0.15, 0.2) is 0 Å². The van der Waals surface area contributed by atoms with Gasteiger partial charge in [0.05, 0.1) is 17.6 Å². The lowest BCUT2D eigenvalue weighted by Gasteiger charge is -2.18. The van der Waals surface area contributed by atoms with Gasteiger partial charge in [0.2, 0.25) is 0 Å². The number of urea groups is 1. The lowest BCUT2D eigenvalue weighted by atomic mass is 10.2. The van der Waals surface area contributed by atoms with Gasteiger partial charge in [-0.25, -0.2) is 9.18 Å². The Balaban J connectivity index is 1.52. The van der Waals surface area contributed by atoms with E-state index in [1.54, 1.807) is 41.6 Å². The summed E-state index contributed by atoms with van der Waals surface area (Å²) >= 11 is 0. The molecule has 7 nitrogen and oxygen atoms in total. The van der Waals surface area contributed by atoms with E-state index in [0.717, 1.165) is 5.56 Å². The average Bonchev–Trinajstić information content (AvgIpc) is 3.04. The smallest absolute Gasteiger partial charge is 0.318 e. The van der Waals surface area contributed by atoms with Crippen LogP contribution in [0.5, 0.6) is 0 Å². The Labute approximate surface area is 154 Å². The number of hydrogen-bond acceptors (Lipinski definition) is 4. The summed E-state index contributed by atoms with van der Waals surface area (Å²) in [5.41, 5.74) is 1.57. The molecule has 0 aliphatic carbocycles. The molecule has 1 saturated heterocycles. The van der Waals surface area contributed by atoms with Crippen LogP contribution in [0.1, 0.15) is 5.56 Å². The van der Waals surface area contributed by atoms with E-state index in [2.05, 4.69) is 10.1 Å². The van der Waals surface area contributed by atoms with E-state index in [0.29, 0.717) is 31.0 Å². The molecule has 1 aliphatic heterocycles. The Kier molecular flexibility index (Phi) is 4.37. The van der Waals surface area contributed by atoms with Crippen molar-refractivity contribution in [2.45, 2.75) is 6.54 Å². The molecule has 0 radical (unpaired) electrons. The number of halogens is 1. The first-order valence-electron chi connectivity index (χ1n) is 8.42. The fraction of sp³-hybridized carbons (Fsp3) is 0.158. The van der Waals surface area contributed by atoms with Crippen LogP contribution in [-0.4, -0.2) is 38.8 Å². The number of hydrogen-bond donors (Lipinski definition) is 0. The van der Waals surface area contributed by atoms with Gasteiger partial charge in [-0.05, 0) is 29.8 Å². The first kappa shape index (κ1) is 16.9. The Morgan fingerprint density at radius 1 is 0.963 bits per heavy atom. The predicted molar refractivity (Wildman–Crippen MR) is 97.2 cm³/mol. The van der Waals surface area contributed by atoms with Crippen molar-refractivity contribution in [2.75, 3.05) is 18.0 Å². The van der Waals surface area contributed by atoms with E-state index in [4.69, 9.17) is 0 Å². The van der Waals surface area contributed by atoms with Crippen LogP contribution in [0.25, 0.3) is 5.69 Å². The molecule has 1 fully saturated rings. The van der Waals surface area contributed by atoms with E-state index in [1.165, 1.54) is 34.0 Å². The highest BCUT2D eigenvalue weighted by atomic mass is 19.1. The molecular formula is C19H16FN5O2. The third-order valence-corrected chi connectivity index (χ3v) is 4.39. The second kappa shape index (κ2) is 6.99. The van der Waals surface area contributed by atoms with Crippen molar-refractivity contribution >= 4 is 11.7 Å². The highest BCUT2D eigenvalue weighted by Gasteiger charge is 2.30. The third kappa shape index (κ3) is 3.41. The molecule has 0 saturated carbocycles. The van der Waals surface area contributed by atoms with Gasteiger partial charge in [0, 0.05) is 38.1 Å². The number of carbonyl (C=O) groups is 1. The maximum absolute atomic E-state index is 13.0. The molecule has 2 amide bonds.